The Kier molecular flexibility index (Phi) is 4.54. The van der Waals surface area contributed by atoms with E-state index in [9.17, 15) is 24.1 Å². The number of ketones is 1. The molecule has 0 aromatic heterocycles. The van der Waals surface area contributed by atoms with Crippen LogP contribution in [0.25, 0.3) is 0 Å². The van der Waals surface area contributed by atoms with E-state index in [2.05, 4.69) is 0 Å². The first-order valence-corrected chi connectivity index (χ1v) is 7.98. The Balaban J connectivity index is 2.20. The second kappa shape index (κ2) is 6.67. The number of hydrogen-bond donors (Lipinski definition) is 0. The normalized spacial score (nSPS) is 19.7. The van der Waals surface area contributed by atoms with Crippen molar-refractivity contribution < 1.29 is 23.6 Å². The lowest BCUT2D eigenvalue weighted by Crippen LogP contribution is -2.46. The largest absolute Gasteiger partial charge is 0.468 e. The molecule has 0 N–H and O–H groups in total. The molecule has 0 radical (unpaired) electrons. The van der Waals surface area contributed by atoms with Gasteiger partial charge < -0.3 is 4.74 Å². The summed E-state index contributed by atoms with van der Waals surface area (Å²) in [6, 6.07) is 12.0. The minimum atomic E-state index is -1.79. The first-order valence-electron chi connectivity index (χ1n) is 7.98. The van der Waals surface area contributed by atoms with Crippen LogP contribution in [0.1, 0.15) is 27.4 Å². The van der Waals surface area contributed by atoms with Crippen LogP contribution >= 0.6 is 0 Å². The summed E-state index contributed by atoms with van der Waals surface area (Å²) in [5.74, 6) is -3.00. The van der Waals surface area contributed by atoms with Gasteiger partial charge in [0.25, 0.3) is 0 Å². The van der Waals surface area contributed by atoms with E-state index in [0.29, 0.717) is 11.1 Å². The number of ether oxygens (including phenoxy) is 1. The predicted octanol–water partition coefficient (Wildman–Crippen LogP) is 2.78. The number of methoxy groups -OCH3 is 1. The Morgan fingerprint density at radius 1 is 1.31 bits per heavy atom. The number of fused-ring (bicyclic) bond motifs is 1. The minimum Gasteiger partial charge on any atom is -0.468 e. The minimum absolute atomic E-state index is 0.140. The van der Waals surface area contributed by atoms with Crippen LogP contribution < -0.4 is 0 Å². The van der Waals surface area contributed by atoms with Crippen molar-refractivity contribution in [2.45, 2.75) is 12.3 Å². The van der Waals surface area contributed by atoms with Crippen molar-refractivity contribution in [3.8, 4) is 0 Å². The predicted molar refractivity (Wildman–Crippen MR) is 89.9 cm³/mol. The lowest BCUT2D eigenvalue weighted by Gasteiger charge is -2.31. The molecule has 0 fully saturated rings. The van der Waals surface area contributed by atoms with Crippen LogP contribution in [0, 0.1) is 21.3 Å². The number of benzene rings is 2. The van der Waals surface area contributed by atoms with Crippen LogP contribution in [0.2, 0.25) is 0 Å². The molecule has 2 aromatic rings. The molecule has 2 atom stereocenters. The molecule has 6 nitrogen and oxygen atoms in total. The molecule has 0 saturated heterocycles. The Hall–Kier alpha value is -3.09. The third-order valence-corrected chi connectivity index (χ3v) is 4.86. The fourth-order valence-corrected chi connectivity index (χ4v) is 3.70. The van der Waals surface area contributed by atoms with Crippen LogP contribution in [-0.2, 0) is 16.0 Å². The van der Waals surface area contributed by atoms with E-state index in [4.69, 9.17) is 4.74 Å². The molecule has 3 rings (SSSR count). The van der Waals surface area contributed by atoms with Crippen LogP contribution in [0.5, 0.6) is 0 Å². The third kappa shape index (κ3) is 2.75. The van der Waals surface area contributed by atoms with Gasteiger partial charge in [-0.25, -0.2) is 4.39 Å². The average molecular weight is 357 g/mol. The molecule has 0 saturated carbocycles. The van der Waals surface area contributed by atoms with Crippen molar-refractivity contribution in [3.63, 3.8) is 0 Å². The Morgan fingerprint density at radius 3 is 2.62 bits per heavy atom. The molecule has 2 aromatic carbocycles. The SMILES string of the molecule is COC(=O)C1([C@H](C[N+](=O)[O-])c2ccccc2)Cc2cc(F)ccc2C1=O. The fraction of sp³-hybridized carbons (Fsp3) is 0.263. The number of halogens is 1. The van der Waals surface area contributed by atoms with Gasteiger partial charge in [0.2, 0.25) is 6.54 Å². The third-order valence-electron chi connectivity index (χ3n) is 4.86. The summed E-state index contributed by atoms with van der Waals surface area (Å²) in [7, 11) is 1.13. The number of Topliss-reactive ketones (excluding diaryl/α,β-unsaturated/α-hetero) is 1. The second-order valence-electron chi connectivity index (χ2n) is 6.25. The lowest BCUT2D eigenvalue weighted by molar-refractivity contribution is -0.485. The molecule has 0 spiro atoms. The number of rotatable bonds is 5. The summed E-state index contributed by atoms with van der Waals surface area (Å²) < 4.78 is 18.5. The van der Waals surface area contributed by atoms with E-state index in [1.165, 1.54) is 12.1 Å². The molecular formula is C19H16FNO5. The number of nitro groups is 1. The topological polar surface area (TPSA) is 86.5 Å². The highest BCUT2D eigenvalue weighted by Crippen LogP contribution is 2.48. The molecule has 0 aliphatic heterocycles. The van der Waals surface area contributed by atoms with E-state index in [0.717, 1.165) is 13.2 Å². The summed E-state index contributed by atoms with van der Waals surface area (Å²) in [5.41, 5.74) is -0.763. The van der Waals surface area contributed by atoms with Gasteiger partial charge in [-0.1, -0.05) is 30.3 Å². The number of esters is 1. The van der Waals surface area contributed by atoms with Gasteiger partial charge in [-0.2, -0.15) is 0 Å². The fourth-order valence-electron chi connectivity index (χ4n) is 3.70. The zero-order chi connectivity index (χ0) is 18.9. The van der Waals surface area contributed by atoms with E-state index in [1.807, 2.05) is 0 Å². The maximum atomic E-state index is 13.6. The summed E-state index contributed by atoms with van der Waals surface area (Å²) in [5, 5.41) is 11.3. The number of hydrogen-bond acceptors (Lipinski definition) is 5. The Bertz CT molecular complexity index is 883. The molecule has 134 valence electrons. The van der Waals surface area contributed by atoms with Gasteiger partial charge in [-0.3, -0.25) is 19.7 Å². The van der Waals surface area contributed by atoms with Crippen molar-refractivity contribution in [2.24, 2.45) is 5.41 Å². The van der Waals surface area contributed by atoms with Gasteiger partial charge >= 0.3 is 5.97 Å². The Morgan fingerprint density at radius 2 is 2.00 bits per heavy atom. The average Bonchev–Trinajstić information content (AvgIpc) is 2.92. The van der Waals surface area contributed by atoms with E-state index < -0.39 is 40.4 Å². The summed E-state index contributed by atoms with van der Waals surface area (Å²) in [6.07, 6.45) is -0.140. The van der Waals surface area contributed by atoms with Gasteiger partial charge in [0, 0.05) is 10.5 Å². The smallest absolute Gasteiger partial charge is 0.320 e. The molecule has 0 amide bonds. The molecular weight excluding hydrogens is 341 g/mol. The van der Waals surface area contributed by atoms with Crippen molar-refractivity contribution in [3.05, 3.63) is 81.2 Å². The first-order chi connectivity index (χ1) is 12.4. The van der Waals surface area contributed by atoms with Gasteiger partial charge in [-0.05, 0) is 35.7 Å². The Labute approximate surface area is 148 Å². The highest BCUT2D eigenvalue weighted by molar-refractivity contribution is 6.16. The van der Waals surface area contributed by atoms with E-state index >= 15 is 0 Å². The molecule has 0 heterocycles. The van der Waals surface area contributed by atoms with Crippen molar-refractivity contribution >= 4 is 11.8 Å². The maximum Gasteiger partial charge on any atom is 0.320 e. The molecule has 1 aliphatic rings. The van der Waals surface area contributed by atoms with Crippen molar-refractivity contribution in [1.82, 2.24) is 0 Å². The van der Waals surface area contributed by atoms with Crippen LogP contribution in [0.4, 0.5) is 4.39 Å². The van der Waals surface area contributed by atoms with Gasteiger partial charge in [-0.15, -0.1) is 0 Å². The monoisotopic (exact) mass is 357 g/mol. The van der Waals surface area contributed by atoms with Gasteiger partial charge in [0.05, 0.1) is 13.0 Å². The highest BCUT2D eigenvalue weighted by Gasteiger charge is 2.59. The van der Waals surface area contributed by atoms with Gasteiger partial charge in [0.15, 0.2) is 5.78 Å². The molecule has 0 bridgehead atoms. The molecule has 7 heteroatoms. The zero-order valence-corrected chi connectivity index (χ0v) is 14.0. The van der Waals surface area contributed by atoms with Gasteiger partial charge in [0.1, 0.15) is 11.2 Å². The van der Waals surface area contributed by atoms with Crippen LogP contribution in [0.3, 0.4) is 0 Å². The molecule has 1 unspecified atom stereocenters. The summed E-state index contributed by atoms with van der Waals surface area (Å²) in [6.45, 7) is -0.624. The first kappa shape index (κ1) is 17.7. The summed E-state index contributed by atoms with van der Waals surface area (Å²) in [4.78, 5) is 36.7. The summed E-state index contributed by atoms with van der Waals surface area (Å²) >= 11 is 0. The lowest BCUT2D eigenvalue weighted by atomic mass is 9.69. The van der Waals surface area contributed by atoms with Crippen LogP contribution in [-0.4, -0.2) is 30.3 Å². The highest BCUT2D eigenvalue weighted by atomic mass is 19.1. The quantitative estimate of drug-likeness (QED) is 0.355. The van der Waals surface area contributed by atoms with Crippen LogP contribution in [0.15, 0.2) is 48.5 Å². The second-order valence-corrected chi connectivity index (χ2v) is 6.25. The van der Waals surface area contributed by atoms with E-state index in [-0.39, 0.29) is 12.0 Å². The standard InChI is InChI=1S/C19H16FNO5/c1-26-18(23)19(10-13-9-14(20)7-8-15(13)17(19)22)16(11-21(24)25)12-5-3-2-4-6-12/h2-9,16H,10-11H2,1H3/t16-,19?/m1/s1. The van der Waals surface area contributed by atoms with E-state index in [1.54, 1.807) is 30.3 Å². The van der Waals surface area contributed by atoms with Crippen molar-refractivity contribution in [2.75, 3.05) is 13.7 Å². The number of carbonyl (C=O) groups excluding carboxylic acids is 2. The number of carbonyl (C=O) groups is 2. The molecule has 1 aliphatic carbocycles. The maximum absolute atomic E-state index is 13.6. The number of nitrogens with zero attached hydrogens (tertiary/aromatic N) is 1. The molecule has 26 heavy (non-hydrogen) atoms. The van der Waals surface area contributed by atoms with Crippen molar-refractivity contribution in [1.29, 1.82) is 0 Å². The zero-order valence-electron chi connectivity index (χ0n) is 14.0.